The van der Waals surface area contributed by atoms with Gasteiger partial charge in [-0.15, -0.1) is 0 Å². The first-order chi connectivity index (χ1) is 9.30. The lowest BCUT2D eigenvalue weighted by molar-refractivity contribution is -0.383. The molecule has 2 rings (SSSR count). The van der Waals surface area contributed by atoms with E-state index in [-0.39, 0.29) is 22.7 Å². The Morgan fingerprint density at radius 1 is 1.35 bits per heavy atom. The molecule has 1 heterocycles. The molecule has 1 saturated heterocycles. The molecule has 0 saturated carbocycles. The van der Waals surface area contributed by atoms with Crippen molar-refractivity contribution in [3.8, 4) is 0 Å². The summed E-state index contributed by atoms with van der Waals surface area (Å²) in [4.78, 5) is 24.3. The molecule has 1 aliphatic rings. The van der Waals surface area contributed by atoms with E-state index in [0.717, 1.165) is 12.8 Å². The number of carbonyl (C=O) groups excluding carboxylic acids is 1. The van der Waals surface area contributed by atoms with Gasteiger partial charge in [-0.3, -0.25) is 14.9 Å². The van der Waals surface area contributed by atoms with Crippen molar-refractivity contribution in [2.24, 2.45) is 5.41 Å². The van der Waals surface area contributed by atoms with Crippen molar-refractivity contribution in [3.63, 3.8) is 0 Å². The monoisotopic (exact) mass is 277 g/mol. The summed E-state index contributed by atoms with van der Waals surface area (Å²) in [5.41, 5.74) is 6.16. The Labute approximate surface area is 117 Å². The molecule has 0 aliphatic carbocycles. The van der Waals surface area contributed by atoms with Crippen LogP contribution in [-0.4, -0.2) is 28.8 Å². The quantitative estimate of drug-likeness (QED) is 0.510. The summed E-state index contributed by atoms with van der Waals surface area (Å²) < 4.78 is 0. The Hall–Kier alpha value is -2.11. The number of benzene rings is 1. The van der Waals surface area contributed by atoms with Crippen LogP contribution < -0.4 is 5.73 Å². The average molecular weight is 277 g/mol. The van der Waals surface area contributed by atoms with Crippen molar-refractivity contribution in [1.82, 2.24) is 4.90 Å². The van der Waals surface area contributed by atoms with Crippen LogP contribution in [0.1, 0.15) is 37.0 Å². The van der Waals surface area contributed by atoms with E-state index in [0.29, 0.717) is 18.7 Å². The van der Waals surface area contributed by atoms with Gasteiger partial charge in [0.05, 0.1) is 4.92 Å². The molecule has 0 radical (unpaired) electrons. The molecule has 0 spiro atoms. The highest BCUT2D eigenvalue weighted by Gasteiger charge is 2.28. The molecule has 0 bridgehead atoms. The van der Waals surface area contributed by atoms with Crippen molar-refractivity contribution in [2.75, 3.05) is 18.8 Å². The summed E-state index contributed by atoms with van der Waals surface area (Å²) in [5, 5.41) is 10.7. The second-order valence-corrected chi connectivity index (χ2v) is 5.99. The summed E-state index contributed by atoms with van der Waals surface area (Å²) in [6.07, 6.45) is 1.92. The number of hydrogen-bond acceptors (Lipinski definition) is 4. The van der Waals surface area contributed by atoms with Gasteiger partial charge < -0.3 is 10.6 Å². The van der Waals surface area contributed by atoms with E-state index in [4.69, 9.17) is 5.73 Å². The lowest BCUT2D eigenvalue weighted by Crippen LogP contribution is -2.41. The van der Waals surface area contributed by atoms with E-state index >= 15 is 0 Å². The second-order valence-electron chi connectivity index (χ2n) is 5.99. The van der Waals surface area contributed by atoms with Crippen LogP contribution in [0.5, 0.6) is 0 Å². The third-order valence-electron chi connectivity index (χ3n) is 3.88. The van der Waals surface area contributed by atoms with Crippen LogP contribution >= 0.6 is 0 Å². The molecule has 0 aromatic heterocycles. The number of nitrogens with zero attached hydrogens (tertiary/aromatic N) is 2. The van der Waals surface area contributed by atoms with Crippen LogP contribution in [0.4, 0.5) is 11.4 Å². The molecular formula is C14H19N3O3. The lowest BCUT2D eigenvalue weighted by Gasteiger charge is -2.36. The number of hydrogen-bond donors (Lipinski definition) is 1. The van der Waals surface area contributed by atoms with Crippen LogP contribution in [0, 0.1) is 15.5 Å². The van der Waals surface area contributed by atoms with Crippen molar-refractivity contribution in [2.45, 2.75) is 26.7 Å². The van der Waals surface area contributed by atoms with E-state index in [1.807, 2.05) is 0 Å². The van der Waals surface area contributed by atoms with E-state index in [9.17, 15) is 14.9 Å². The van der Waals surface area contributed by atoms with Crippen molar-refractivity contribution < 1.29 is 9.72 Å². The molecule has 0 unspecified atom stereocenters. The number of nitro groups is 1. The van der Waals surface area contributed by atoms with Crippen LogP contribution in [-0.2, 0) is 0 Å². The zero-order valence-electron chi connectivity index (χ0n) is 11.8. The molecule has 6 nitrogen and oxygen atoms in total. The van der Waals surface area contributed by atoms with E-state index in [1.165, 1.54) is 18.2 Å². The topological polar surface area (TPSA) is 89.5 Å². The predicted octanol–water partition coefficient (Wildman–Crippen LogP) is 2.44. The van der Waals surface area contributed by atoms with Gasteiger partial charge in [-0.05, 0) is 30.4 Å². The average Bonchev–Trinajstić information content (AvgIpc) is 2.37. The Kier molecular flexibility index (Phi) is 3.65. The van der Waals surface area contributed by atoms with Crippen molar-refractivity contribution in [1.29, 1.82) is 0 Å². The van der Waals surface area contributed by atoms with Crippen molar-refractivity contribution in [3.05, 3.63) is 33.9 Å². The van der Waals surface area contributed by atoms with E-state index in [2.05, 4.69) is 13.8 Å². The Balaban J connectivity index is 2.14. The second kappa shape index (κ2) is 5.11. The van der Waals surface area contributed by atoms with Gasteiger partial charge in [0.2, 0.25) is 0 Å². The number of carbonyl (C=O) groups is 1. The van der Waals surface area contributed by atoms with Gasteiger partial charge in [-0.1, -0.05) is 13.8 Å². The first-order valence-electron chi connectivity index (χ1n) is 6.63. The number of amides is 1. The number of nitrogens with two attached hydrogens (primary N) is 1. The number of piperidine rings is 1. The van der Waals surface area contributed by atoms with Gasteiger partial charge in [0.25, 0.3) is 11.6 Å². The zero-order valence-corrected chi connectivity index (χ0v) is 11.8. The Morgan fingerprint density at radius 2 is 1.95 bits per heavy atom. The summed E-state index contributed by atoms with van der Waals surface area (Å²) in [6.45, 7) is 5.81. The minimum atomic E-state index is -0.549. The summed E-state index contributed by atoms with van der Waals surface area (Å²) in [7, 11) is 0. The van der Waals surface area contributed by atoms with Crippen LogP contribution in [0.25, 0.3) is 0 Å². The first kappa shape index (κ1) is 14.3. The largest absolute Gasteiger partial charge is 0.393 e. The van der Waals surface area contributed by atoms with Gasteiger partial charge in [0.15, 0.2) is 0 Å². The molecule has 0 atom stereocenters. The maximum absolute atomic E-state index is 12.3. The molecule has 108 valence electrons. The van der Waals surface area contributed by atoms with Crippen LogP contribution in [0.3, 0.4) is 0 Å². The predicted molar refractivity (Wildman–Crippen MR) is 76.4 cm³/mol. The fraction of sp³-hybridized carbons (Fsp3) is 0.500. The van der Waals surface area contributed by atoms with Gasteiger partial charge in [0.1, 0.15) is 5.69 Å². The standard InChI is InChI=1S/C14H19N3O3/c1-14(2)5-7-16(8-6-14)13(18)10-3-4-12(17(19)20)11(15)9-10/h3-4,9H,5-8,15H2,1-2H3. The maximum atomic E-state index is 12.3. The van der Waals surface area contributed by atoms with E-state index < -0.39 is 4.92 Å². The summed E-state index contributed by atoms with van der Waals surface area (Å²) in [6, 6.07) is 4.15. The third-order valence-corrected chi connectivity index (χ3v) is 3.88. The highest BCUT2D eigenvalue weighted by Crippen LogP contribution is 2.31. The van der Waals surface area contributed by atoms with Crippen LogP contribution in [0.2, 0.25) is 0 Å². The zero-order chi connectivity index (χ0) is 14.9. The minimum Gasteiger partial charge on any atom is -0.393 e. The third kappa shape index (κ3) is 2.89. The van der Waals surface area contributed by atoms with Gasteiger partial charge in [0, 0.05) is 24.7 Å². The lowest BCUT2D eigenvalue weighted by atomic mass is 9.82. The molecule has 1 aliphatic heterocycles. The summed E-state index contributed by atoms with van der Waals surface area (Å²) in [5.74, 6) is -0.109. The normalized spacial score (nSPS) is 17.8. The van der Waals surface area contributed by atoms with Gasteiger partial charge >= 0.3 is 0 Å². The fourth-order valence-corrected chi connectivity index (χ4v) is 2.35. The van der Waals surface area contributed by atoms with Gasteiger partial charge in [-0.2, -0.15) is 0 Å². The van der Waals surface area contributed by atoms with Crippen LogP contribution in [0.15, 0.2) is 18.2 Å². The SMILES string of the molecule is CC1(C)CCN(C(=O)c2ccc([N+](=O)[O-])c(N)c2)CC1. The number of likely N-dealkylation sites (tertiary alicyclic amines) is 1. The number of nitro benzene ring substituents is 1. The molecule has 1 fully saturated rings. The molecule has 1 aromatic rings. The molecule has 1 amide bonds. The number of rotatable bonds is 2. The number of anilines is 1. The van der Waals surface area contributed by atoms with Crippen molar-refractivity contribution >= 4 is 17.3 Å². The van der Waals surface area contributed by atoms with Gasteiger partial charge in [-0.25, -0.2) is 0 Å². The fourth-order valence-electron chi connectivity index (χ4n) is 2.35. The Morgan fingerprint density at radius 3 is 2.45 bits per heavy atom. The summed E-state index contributed by atoms with van der Waals surface area (Å²) >= 11 is 0. The highest BCUT2D eigenvalue weighted by atomic mass is 16.6. The smallest absolute Gasteiger partial charge is 0.292 e. The Bertz CT molecular complexity index is 545. The molecule has 6 heteroatoms. The molecule has 1 aromatic carbocycles. The minimum absolute atomic E-state index is 0.0261. The number of nitrogen functional groups attached to an aromatic ring is 1. The first-order valence-corrected chi connectivity index (χ1v) is 6.63. The molecule has 2 N–H and O–H groups in total. The molecular weight excluding hydrogens is 258 g/mol. The molecule has 20 heavy (non-hydrogen) atoms. The highest BCUT2D eigenvalue weighted by molar-refractivity contribution is 5.95. The van der Waals surface area contributed by atoms with E-state index in [1.54, 1.807) is 4.90 Å². The maximum Gasteiger partial charge on any atom is 0.292 e.